The standard InChI is InChI=1S/C19H15N3OS/c1-12-15(14-9-5-6-10-16(14)20-12)11-17-18(23)22(19(24)21-17)13-7-3-2-4-8-13/h2-11,23H,1H3,(H,21,24)/b15-11-. The van der Waals surface area contributed by atoms with E-state index in [1.165, 1.54) is 0 Å². The molecule has 0 unspecified atom stereocenters. The molecular formula is C19H15N3OS. The van der Waals surface area contributed by atoms with E-state index >= 15 is 0 Å². The summed E-state index contributed by atoms with van der Waals surface area (Å²) in [7, 11) is 0. The molecule has 3 aromatic rings. The Labute approximate surface area is 144 Å². The molecule has 2 heterocycles. The molecule has 24 heavy (non-hydrogen) atoms. The summed E-state index contributed by atoms with van der Waals surface area (Å²) in [4.78, 5) is 7.65. The third kappa shape index (κ3) is 2.30. The van der Waals surface area contributed by atoms with Crippen LogP contribution in [-0.2, 0) is 0 Å². The Kier molecular flexibility index (Phi) is 3.43. The van der Waals surface area contributed by atoms with Gasteiger partial charge in [0.1, 0.15) is 5.69 Å². The van der Waals surface area contributed by atoms with Crippen LogP contribution in [0.5, 0.6) is 5.88 Å². The smallest absolute Gasteiger partial charge is 0.222 e. The fourth-order valence-corrected chi connectivity index (χ4v) is 3.22. The van der Waals surface area contributed by atoms with E-state index in [1.54, 1.807) is 4.57 Å². The number of nitrogens with zero attached hydrogens (tertiary/aromatic N) is 2. The molecule has 2 N–H and O–H groups in total. The second kappa shape index (κ2) is 5.62. The van der Waals surface area contributed by atoms with Gasteiger partial charge < -0.3 is 10.1 Å². The first-order chi connectivity index (χ1) is 11.6. The SMILES string of the molecule is CC1=Nc2ccccc2/C1=C\c1[nH]c(=S)n(-c2ccccc2)c1O. The molecule has 0 radical (unpaired) electrons. The van der Waals surface area contributed by atoms with Crippen LogP contribution in [0.1, 0.15) is 18.2 Å². The van der Waals surface area contributed by atoms with Crippen molar-refractivity contribution in [3.8, 4) is 11.6 Å². The maximum absolute atomic E-state index is 10.6. The number of aromatic nitrogens is 2. The van der Waals surface area contributed by atoms with Gasteiger partial charge in [-0.1, -0.05) is 36.4 Å². The van der Waals surface area contributed by atoms with Gasteiger partial charge in [-0.15, -0.1) is 0 Å². The van der Waals surface area contributed by atoms with Crippen LogP contribution in [0.3, 0.4) is 0 Å². The van der Waals surface area contributed by atoms with Crippen molar-refractivity contribution in [2.75, 3.05) is 0 Å². The first-order valence-corrected chi connectivity index (χ1v) is 8.02. The van der Waals surface area contributed by atoms with Crippen LogP contribution in [0.2, 0.25) is 0 Å². The van der Waals surface area contributed by atoms with E-state index in [0.717, 1.165) is 28.2 Å². The van der Waals surface area contributed by atoms with E-state index in [1.807, 2.05) is 67.6 Å². The molecule has 0 spiro atoms. The molecule has 0 saturated carbocycles. The minimum absolute atomic E-state index is 0.0934. The number of fused-ring (bicyclic) bond motifs is 1. The van der Waals surface area contributed by atoms with E-state index in [2.05, 4.69) is 9.98 Å². The van der Waals surface area contributed by atoms with Crippen molar-refractivity contribution in [1.29, 1.82) is 0 Å². The zero-order valence-corrected chi connectivity index (χ0v) is 13.8. The summed E-state index contributed by atoms with van der Waals surface area (Å²) in [5, 5.41) is 10.6. The molecule has 1 aliphatic heterocycles. The molecule has 4 rings (SSSR count). The second-order valence-corrected chi connectivity index (χ2v) is 6.00. The molecule has 0 atom stereocenters. The maximum Gasteiger partial charge on any atom is 0.222 e. The third-order valence-electron chi connectivity index (χ3n) is 4.07. The predicted molar refractivity (Wildman–Crippen MR) is 99.7 cm³/mol. The first-order valence-electron chi connectivity index (χ1n) is 7.61. The van der Waals surface area contributed by atoms with E-state index in [0.29, 0.717) is 10.5 Å². The number of H-pyrrole nitrogens is 1. The molecule has 0 fully saturated rings. The molecule has 1 aliphatic rings. The highest BCUT2D eigenvalue weighted by Gasteiger charge is 2.19. The molecule has 4 nitrogen and oxygen atoms in total. The van der Waals surface area contributed by atoms with Crippen molar-refractivity contribution in [2.24, 2.45) is 4.99 Å². The zero-order valence-electron chi connectivity index (χ0n) is 13.0. The maximum atomic E-state index is 10.6. The van der Waals surface area contributed by atoms with Crippen molar-refractivity contribution in [3.63, 3.8) is 0 Å². The summed E-state index contributed by atoms with van der Waals surface area (Å²) >= 11 is 5.38. The number of nitrogens with one attached hydrogen (secondary N) is 1. The highest BCUT2D eigenvalue weighted by Crippen LogP contribution is 2.36. The highest BCUT2D eigenvalue weighted by atomic mass is 32.1. The van der Waals surface area contributed by atoms with Crippen LogP contribution in [0, 0.1) is 4.77 Å². The summed E-state index contributed by atoms with van der Waals surface area (Å²) in [6.07, 6.45) is 1.90. The van der Waals surface area contributed by atoms with Crippen LogP contribution in [0.15, 0.2) is 59.6 Å². The molecule has 0 saturated heterocycles. The minimum atomic E-state index is 0.0934. The van der Waals surface area contributed by atoms with Crippen LogP contribution >= 0.6 is 12.2 Å². The number of hydrogen-bond donors (Lipinski definition) is 2. The fourth-order valence-electron chi connectivity index (χ4n) is 2.92. The van der Waals surface area contributed by atoms with Crippen molar-refractivity contribution in [1.82, 2.24) is 9.55 Å². The van der Waals surface area contributed by atoms with Crippen LogP contribution in [0.25, 0.3) is 17.3 Å². The Morgan fingerprint density at radius 1 is 1.08 bits per heavy atom. The summed E-state index contributed by atoms with van der Waals surface area (Å²) in [6, 6.07) is 17.5. The number of aromatic hydroxyl groups is 1. The monoisotopic (exact) mass is 333 g/mol. The normalized spacial score (nSPS) is 14.7. The molecular weight excluding hydrogens is 318 g/mol. The summed E-state index contributed by atoms with van der Waals surface area (Å²) in [6.45, 7) is 1.96. The molecule has 0 aliphatic carbocycles. The zero-order chi connectivity index (χ0) is 16.7. The van der Waals surface area contributed by atoms with Gasteiger partial charge in [0.2, 0.25) is 5.88 Å². The average molecular weight is 333 g/mol. The lowest BCUT2D eigenvalue weighted by Crippen LogP contribution is -1.93. The topological polar surface area (TPSA) is 53.3 Å². The Bertz CT molecular complexity index is 1040. The number of para-hydroxylation sites is 2. The van der Waals surface area contributed by atoms with Gasteiger partial charge in [-0.2, -0.15) is 0 Å². The van der Waals surface area contributed by atoms with Crippen molar-refractivity contribution in [2.45, 2.75) is 6.92 Å². The number of aliphatic imine (C=N–C) groups is 1. The van der Waals surface area contributed by atoms with Gasteiger partial charge in [0.25, 0.3) is 0 Å². The Morgan fingerprint density at radius 3 is 2.58 bits per heavy atom. The Morgan fingerprint density at radius 2 is 1.79 bits per heavy atom. The highest BCUT2D eigenvalue weighted by molar-refractivity contribution is 7.71. The molecule has 118 valence electrons. The lowest BCUT2D eigenvalue weighted by atomic mass is 10.0. The lowest BCUT2D eigenvalue weighted by Gasteiger charge is -2.04. The van der Waals surface area contributed by atoms with Gasteiger partial charge >= 0.3 is 0 Å². The molecule has 5 heteroatoms. The number of benzene rings is 2. The molecule has 0 bridgehead atoms. The van der Waals surface area contributed by atoms with Crippen molar-refractivity contribution in [3.05, 3.63) is 70.6 Å². The lowest BCUT2D eigenvalue weighted by molar-refractivity contribution is 0.441. The second-order valence-electron chi connectivity index (χ2n) is 5.61. The Hall–Kier alpha value is -2.92. The Balaban J connectivity index is 1.86. The summed E-state index contributed by atoms with van der Waals surface area (Å²) < 4.78 is 2.07. The summed E-state index contributed by atoms with van der Waals surface area (Å²) in [5.41, 5.74) is 5.30. The first kappa shape index (κ1) is 14.7. The van der Waals surface area contributed by atoms with Gasteiger partial charge in [-0.05, 0) is 43.4 Å². The number of allylic oxidation sites excluding steroid dienone is 1. The van der Waals surface area contributed by atoms with Crippen molar-refractivity contribution < 1.29 is 5.11 Å². The fraction of sp³-hybridized carbons (Fsp3) is 0.0526. The number of hydrogen-bond acceptors (Lipinski definition) is 3. The van der Waals surface area contributed by atoms with Gasteiger partial charge in [0, 0.05) is 16.8 Å². The van der Waals surface area contributed by atoms with Gasteiger partial charge in [0.15, 0.2) is 4.77 Å². The number of aromatic amines is 1. The quantitative estimate of drug-likeness (QED) is 0.656. The molecule has 0 amide bonds. The van der Waals surface area contributed by atoms with Gasteiger partial charge in [-0.3, -0.25) is 9.56 Å². The van der Waals surface area contributed by atoms with Crippen LogP contribution < -0.4 is 0 Å². The predicted octanol–water partition coefficient (Wildman–Crippen LogP) is 4.89. The largest absolute Gasteiger partial charge is 0.493 e. The number of imidazole rings is 1. The summed E-state index contributed by atoms with van der Waals surface area (Å²) in [5.74, 6) is 0.0934. The molecule has 1 aromatic heterocycles. The number of rotatable bonds is 2. The van der Waals surface area contributed by atoms with Gasteiger partial charge in [-0.25, -0.2) is 0 Å². The van der Waals surface area contributed by atoms with Crippen LogP contribution in [0.4, 0.5) is 5.69 Å². The molecule has 2 aromatic carbocycles. The van der Waals surface area contributed by atoms with E-state index in [-0.39, 0.29) is 5.88 Å². The van der Waals surface area contributed by atoms with E-state index < -0.39 is 0 Å². The average Bonchev–Trinajstić information content (AvgIpc) is 3.05. The van der Waals surface area contributed by atoms with E-state index in [9.17, 15) is 5.11 Å². The van der Waals surface area contributed by atoms with Gasteiger partial charge in [0.05, 0.1) is 11.4 Å². The van der Waals surface area contributed by atoms with Crippen LogP contribution in [-0.4, -0.2) is 20.4 Å². The third-order valence-corrected chi connectivity index (χ3v) is 4.36. The minimum Gasteiger partial charge on any atom is -0.493 e. The van der Waals surface area contributed by atoms with Crippen molar-refractivity contribution >= 4 is 35.3 Å². The van der Waals surface area contributed by atoms with E-state index in [4.69, 9.17) is 12.2 Å².